The summed E-state index contributed by atoms with van der Waals surface area (Å²) in [4.78, 5) is 30.0. The monoisotopic (exact) mass is 330 g/mol. The van der Waals surface area contributed by atoms with Gasteiger partial charge in [-0.25, -0.2) is 9.37 Å². The lowest BCUT2D eigenvalue weighted by Gasteiger charge is -2.32. The summed E-state index contributed by atoms with van der Waals surface area (Å²) in [5.41, 5.74) is 6.09. The van der Waals surface area contributed by atoms with E-state index >= 15 is 0 Å². The van der Waals surface area contributed by atoms with E-state index in [9.17, 15) is 14.0 Å². The van der Waals surface area contributed by atoms with Crippen LogP contribution >= 0.6 is 0 Å². The average molecular weight is 330 g/mol. The summed E-state index contributed by atoms with van der Waals surface area (Å²) < 4.78 is 18.2. The second kappa shape index (κ2) is 6.15. The third-order valence-corrected chi connectivity index (χ3v) is 3.59. The Kier molecular flexibility index (Phi) is 4.03. The summed E-state index contributed by atoms with van der Waals surface area (Å²) >= 11 is 0. The topological polar surface area (TPSA) is 97.5 Å². The fourth-order valence-electron chi connectivity index (χ4n) is 2.36. The maximum Gasteiger partial charge on any atom is 0.266 e. The molecule has 0 radical (unpaired) electrons. The highest BCUT2D eigenvalue weighted by atomic mass is 19.1. The van der Waals surface area contributed by atoms with Gasteiger partial charge < -0.3 is 15.8 Å². The number of anilines is 3. The summed E-state index contributed by atoms with van der Waals surface area (Å²) in [7, 11) is 0. The molecule has 7 nitrogen and oxygen atoms in total. The molecule has 3 N–H and O–H groups in total. The number of ether oxygens (including phenoxy) is 1. The van der Waals surface area contributed by atoms with Crippen LogP contribution in [0.2, 0.25) is 0 Å². The van der Waals surface area contributed by atoms with Gasteiger partial charge in [-0.05, 0) is 43.3 Å². The van der Waals surface area contributed by atoms with E-state index in [4.69, 9.17) is 10.5 Å². The van der Waals surface area contributed by atoms with E-state index < -0.39 is 23.7 Å². The van der Waals surface area contributed by atoms with Crippen LogP contribution in [0.25, 0.3) is 0 Å². The van der Waals surface area contributed by atoms with Gasteiger partial charge in [-0.15, -0.1) is 0 Å². The van der Waals surface area contributed by atoms with E-state index in [0.29, 0.717) is 11.4 Å². The number of carbonyl (C=O) groups excluding carboxylic acids is 2. The molecule has 3 rings (SSSR count). The summed E-state index contributed by atoms with van der Waals surface area (Å²) in [6, 6.07) is 7.64. The first-order valence-corrected chi connectivity index (χ1v) is 7.23. The number of nitrogens with two attached hydrogens (primary N) is 1. The van der Waals surface area contributed by atoms with Gasteiger partial charge in [-0.1, -0.05) is 0 Å². The van der Waals surface area contributed by atoms with Gasteiger partial charge in [0.25, 0.3) is 5.91 Å². The molecule has 0 saturated carbocycles. The molecule has 1 aliphatic rings. The lowest BCUT2D eigenvalue weighted by molar-refractivity contribution is -0.125. The van der Waals surface area contributed by atoms with Gasteiger partial charge in [0, 0.05) is 5.69 Å². The maximum atomic E-state index is 12.9. The number of nitrogens with zero attached hydrogens (tertiary/aromatic N) is 2. The van der Waals surface area contributed by atoms with E-state index in [1.807, 2.05) is 0 Å². The normalized spacial score (nSPS) is 14.6. The maximum absolute atomic E-state index is 12.9. The Morgan fingerprint density at radius 2 is 2.04 bits per heavy atom. The molecule has 0 saturated heterocycles. The van der Waals surface area contributed by atoms with Crippen LogP contribution in [0.4, 0.5) is 21.7 Å². The third kappa shape index (κ3) is 2.98. The van der Waals surface area contributed by atoms with Crippen molar-refractivity contribution in [3.63, 3.8) is 0 Å². The summed E-state index contributed by atoms with van der Waals surface area (Å²) in [6.45, 7) is 1.38. The second-order valence-electron chi connectivity index (χ2n) is 5.28. The van der Waals surface area contributed by atoms with Gasteiger partial charge in [0.1, 0.15) is 17.7 Å². The molecule has 8 heteroatoms. The van der Waals surface area contributed by atoms with Crippen LogP contribution in [0, 0.1) is 5.82 Å². The van der Waals surface area contributed by atoms with Crippen LogP contribution < -0.4 is 20.7 Å². The molecule has 1 unspecified atom stereocenters. The highest BCUT2D eigenvalue weighted by Crippen LogP contribution is 2.32. The zero-order valence-corrected chi connectivity index (χ0v) is 12.8. The Morgan fingerprint density at radius 3 is 2.75 bits per heavy atom. The predicted octanol–water partition coefficient (Wildman–Crippen LogP) is 1.56. The van der Waals surface area contributed by atoms with Crippen molar-refractivity contribution in [3.8, 4) is 5.75 Å². The van der Waals surface area contributed by atoms with Crippen molar-refractivity contribution in [3.05, 3.63) is 42.2 Å². The van der Waals surface area contributed by atoms with E-state index in [-0.39, 0.29) is 18.2 Å². The number of pyridine rings is 1. The van der Waals surface area contributed by atoms with E-state index in [1.165, 1.54) is 29.2 Å². The molecule has 1 aromatic heterocycles. The van der Waals surface area contributed by atoms with Crippen LogP contribution in [-0.4, -0.2) is 29.4 Å². The number of nitrogen functional groups attached to an aromatic ring is 1. The fourth-order valence-corrected chi connectivity index (χ4v) is 2.36. The number of aromatic nitrogens is 1. The lowest BCUT2D eigenvalue weighted by atomic mass is 10.2. The van der Waals surface area contributed by atoms with Crippen molar-refractivity contribution in [2.75, 3.05) is 22.6 Å². The molecular weight excluding hydrogens is 315 g/mol. The number of rotatable bonds is 3. The smallest absolute Gasteiger partial charge is 0.266 e. The third-order valence-electron chi connectivity index (χ3n) is 3.59. The lowest BCUT2D eigenvalue weighted by Crippen LogP contribution is -2.50. The molecule has 1 aromatic carbocycles. The first-order chi connectivity index (χ1) is 11.5. The van der Waals surface area contributed by atoms with Crippen LogP contribution in [0.3, 0.4) is 0 Å². The molecule has 0 spiro atoms. The van der Waals surface area contributed by atoms with Crippen LogP contribution in [0.5, 0.6) is 5.75 Å². The first kappa shape index (κ1) is 15.7. The molecular formula is C16H15FN4O3. The number of carbonyl (C=O) groups is 2. The Hall–Kier alpha value is -3.16. The van der Waals surface area contributed by atoms with Crippen LogP contribution in [-0.2, 0) is 9.59 Å². The van der Waals surface area contributed by atoms with E-state index in [2.05, 4.69) is 10.3 Å². The first-order valence-electron chi connectivity index (χ1n) is 7.23. The Bertz CT molecular complexity index is 794. The molecule has 2 amide bonds. The van der Waals surface area contributed by atoms with Gasteiger partial charge in [0.05, 0.1) is 0 Å². The number of benzene rings is 1. The Balaban J connectivity index is 1.84. The van der Waals surface area contributed by atoms with Gasteiger partial charge >= 0.3 is 0 Å². The standard InChI is InChI=1S/C16H15FN4O3/c1-9(16(23)19-11-4-2-10(17)3-5-11)21-14(22)8-24-12-6-7-13(18)20-15(12)21/h2-7,9H,8H2,1H3,(H2,18,20)(H,19,23). The number of halogens is 1. The highest BCUT2D eigenvalue weighted by Gasteiger charge is 2.34. The van der Waals surface area contributed by atoms with Crippen LogP contribution in [0.15, 0.2) is 36.4 Å². The largest absolute Gasteiger partial charge is 0.480 e. The Labute approximate surface area is 137 Å². The summed E-state index contributed by atoms with van der Waals surface area (Å²) in [5, 5.41) is 2.63. The molecule has 124 valence electrons. The number of hydrogen-bond donors (Lipinski definition) is 2. The molecule has 1 aliphatic heterocycles. The predicted molar refractivity (Wildman–Crippen MR) is 86.1 cm³/mol. The van der Waals surface area contributed by atoms with Crippen molar-refractivity contribution in [2.45, 2.75) is 13.0 Å². The van der Waals surface area contributed by atoms with Crippen molar-refractivity contribution >= 4 is 29.1 Å². The molecule has 0 bridgehead atoms. The van der Waals surface area contributed by atoms with Crippen LogP contribution in [0.1, 0.15) is 6.92 Å². The summed E-state index contributed by atoms with van der Waals surface area (Å²) in [6.07, 6.45) is 0. The van der Waals surface area contributed by atoms with E-state index in [1.54, 1.807) is 19.1 Å². The zero-order valence-electron chi connectivity index (χ0n) is 12.8. The Morgan fingerprint density at radius 1 is 1.33 bits per heavy atom. The minimum Gasteiger partial charge on any atom is -0.480 e. The van der Waals surface area contributed by atoms with Gasteiger partial charge in [0.15, 0.2) is 18.2 Å². The number of hydrogen-bond acceptors (Lipinski definition) is 5. The quantitative estimate of drug-likeness (QED) is 0.890. The van der Waals surface area contributed by atoms with Gasteiger partial charge in [-0.3, -0.25) is 14.5 Å². The van der Waals surface area contributed by atoms with Gasteiger partial charge in [-0.2, -0.15) is 0 Å². The second-order valence-corrected chi connectivity index (χ2v) is 5.28. The molecule has 2 aromatic rings. The molecule has 0 fully saturated rings. The molecule has 24 heavy (non-hydrogen) atoms. The molecule has 2 heterocycles. The number of amides is 2. The minimum absolute atomic E-state index is 0.188. The SMILES string of the molecule is CC(C(=O)Nc1ccc(F)cc1)N1C(=O)COc2ccc(N)nc21. The van der Waals surface area contributed by atoms with E-state index in [0.717, 1.165) is 0 Å². The number of nitrogens with one attached hydrogen (secondary N) is 1. The van der Waals surface area contributed by atoms with Crippen molar-refractivity contribution < 1.29 is 18.7 Å². The van der Waals surface area contributed by atoms with Crippen molar-refractivity contribution in [2.24, 2.45) is 0 Å². The fraction of sp³-hybridized carbons (Fsp3) is 0.188. The molecule has 0 aliphatic carbocycles. The average Bonchev–Trinajstić information content (AvgIpc) is 2.56. The highest BCUT2D eigenvalue weighted by molar-refractivity contribution is 6.06. The van der Waals surface area contributed by atoms with Crippen molar-refractivity contribution in [1.29, 1.82) is 0 Å². The minimum atomic E-state index is -0.848. The number of fused-ring (bicyclic) bond motifs is 1. The molecule has 1 atom stereocenters. The summed E-state index contributed by atoms with van der Waals surface area (Å²) in [5.74, 6) is -0.450. The van der Waals surface area contributed by atoms with Gasteiger partial charge in [0.2, 0.25) is 5.91 Å². The van der Waals surface area contributed by atoms with Crippen molar-refractivity contribution in [1.82, 2.24) is 4.98 Å². The zero-order chi connectivity index (χ0) is 17.3.